The number of amides is 1. The second kappa shape index (κ2) is 7.07. The zero-order valence-corrected chi connectivity index (χ0v) is 12.0. The number of likely N-dealkylation sites (N-methyl/N-ethyl adjacent to an activating group) is 1. The summed E-state index contributed by atoms with van der Waals surface area (Å²) in [5, 5.41) is 3.11. The topological polar surface area (TPSA) is 67.6 Å². The van der Waals surface area contributed by atoms with E-state index in [0.717, 1.165) is 13.0 Å². The summed E-state index contributed by atoms with van der Waals surface area (Å²) < 4.78 is 5.24. The molecule has 1 saturated heterocycles. The first-order valence-corrected chi connectivity index (χ1v) is 6.68. The summed E-state index contributed by atoms with van der Waals surface area (Å²) in [6, 6.07) is 0.0179. The van der Waals surface area contributed by atoms with E-state index in [1.165, 1.54) is 0 Å². The second-order valence-electron chi connectivity index (χ2n) is 5.91. The molecular weight excluding hydrogens is 230 g/mol. The van der Waals surface area contributed by atoms with E-state index < -0.39 is 0 Å². The van der Waals surface area contributed by atoms with Crippen LogP contribution in [0.5, 0.6) is 0 Å². The van der Waals surface area contributed by atoms with Crippen LogP contribution in [-0.4, -0.2) is 56.7 Å². The van der Waals surface area contributed by atoms with Gasteiger partial charge >= 0.3 is 0 Å². The number of nitrogens with one attached hydrogen (secondary N) is 1. The molecule has 3 atom stereocenters. The smallest absolute Gasteiger partial charge is 0.227 e. The van der Waals surface area contributed by atoms with Crippen LogP contribution in [0.25, 0.3) is 0 Å². The first kappa shape index (κ1) is 15.4. The summed E-state index contributed by atoms with van der Waals surface area (Å²) >= 11 is 0. The van der Waals surface area contributed by atoms with Gasteiger partial charge in [0.05, 0.1) is 19.1 Å². The van der Waals surface area contributed by atoms with Gasteiger partial charge in [-0.1, -0.05) is 13.8 Å². The minimum absolute atomic E-state index is 0.0347. The van der Waals surface area contributed by atoms with Crippen molar-refractivity contribution in [3.63, 3.8) is 0 Å². The van der Waals surface area contributed by atoms with Gasteiger partial charge in [-0.15, -0.1) is 0 Å². The Bertz CT molecular complexity index is 259. The zero-order valence-electron chi connectivity index (χ0n) is 12.0. The van der Waals surface area contributed by atoms with Crippen LogP contribution in [0.4, 0.5) is 0 Å². The van der Waals surface area contributed by atoms with E-state index in [-0.39, 0.29) is 23.9 Å². The lowest BCUT2D eigenvalue weighted by Crippen LogP contribution is -2.48. The molecule has 0 bridgehead atoms. The predicted molar refractivity (Wildman–Crippen MR) is 72.2 cm³/mol. The molecule has 0 aromatic rings. The number of carbonyl (C=O) groups excluding carboxylic acids is 1. The lowest BCUT2D eigenvalue weighted by atomic mass is 10.00. The van der Waals surface area contributed by atoms with E-state index >= 15 is 0 Å². The quantitative estimate of drug-likeness (QED) is 0.706. The summed E-state index contributed by atoms with van der Waals surface area (Å²) in [7, 11) is 4.04. The maximum Gasteiger partial charge on any atom is 0.227 e. The fraction of sp³-hybridized carbons (Fsp3) is 0.923. The summed E-state index contributed by atoms with van der Waals surface area (Å²) in [5.41, 5.74) is 5.86. The maximum absolute atomic E-state index is 12.1. The van der Waals surface area contributed by atoms with Crippen LogP contribution >= 0.6 is 0 Å². The monoisotopic (exact) mass is 257 g/mol. The molecule has 1 aliphatic heterocycles. The van der Waals surface area contributed by atoms with E-state index in [1.54, 1.807) is 0 Å². The van der Waals surface area contributed by atoms with Crippen LogP contribution < -0.4 is 11.1 Å². The minimum atomic E-state index is -0.193. The van der Waals surface area contributed by atoms with E-state index in [2.05, 4.69) is 24.1 Å². The highest BCUT2D eigenvalue weighted by molar-refractivity contribution is 5.80. The third-order valence-corrected chi connectivity index (χ3v) is 3.15. The molecule has 1 amide bonds. The zero-order chi connectivity index (χ0) is 13.7. The number of rotatable bonds is 6. The number of nitrogens with two attached hydrogens (primary N) is 1. The molecule has 0 aliphatic carbocycles. The molecule has 0 aromatic heterocycles. The lowest BCUT2D eigenvalue weighted by molar-refractivity contribution is -0.126. The lowest BCUT2D eigenvalue weighted by Gasteiger charge is -2.25. The predicted octanol–water partition coefficient (Wildman–Crippen LogP) is 0.0526. The number of nitrogens with zero attached hydrogens (tertiary/aromatic N) is 1. The van der Waals surface area contributed by atoms with Crippen molar-refractivity contribution < 1.29 is 9.53 Å². The second-order valence-corrected chi connectivity index (χ2v) is 5.91. The molecule has 18 heavy (non-hydrogen) atoms. The van der Waals surface area contributed by atoms with Crippen molar-refractivity contribution in [2.45, 2.75) is 32.4 Å². The fourth-order valence-corrected chi connectivity index (χ4v) is 2.34. The fourth-order valence-electron chi connectivity index (χ4n) is 2.34. The minimum Gasteiger partial charge on any atom is -0.379 e. The van der Waals surface area contributed by atoms with Gasteiger partial charge in [-0.25, -0.2) is 0 Å². The molecule has 3 unspecified atom stereocenters. The van der Waals surface area contributed by atoms with Gasteiger partial charge < -0.3 is 20.7 Å². The largest absolute Gasteiger partial charge is 0.379 e. The highest BCUT2D eigenvalue weighted by atomic mass is 16.5. The summed E-state index contributed by atoms with van der Waals surface area (Å²) in [6.45, 7) is 6.12. The molecule has 1 fully saturated rings. The van der Waals surface area contributed by atoms with Gasteiger partial charge in [-0.2, -0.15) is 0 Å². The molecule has 0 radical (unpaired) electrons. The molecular formula is C13H27N3O2. The van der Waals surface area contributed by atoms with E-state index in [4.69, 9.17) is 10.5 Å². The molecule has 5 nitrogen and oxygen atoms in total. The Balaban J connectivity index is 2.50. The molecule has 106 valence electrons. The van der Waals surface area contributed by atoms with Crippen LogP contribution in [0.2, 0.25) is 0 Å². The molecule has 0 aromatic carbocycles. The Hall–Kier alpha value is -0.650. The third-order valence-electron chi connectivity index (χ3n) is 3.15. The van der Waals surface area contributed by atoms with Crippen molar-refractivity contribution in [1.29, 1.82) is 0 Å². The average Bonchev–Trinajstić information content (AvgIpc) is 2.61. The van der Waals surface area contributed by atoms with Crippen molar-refractivity contribution >= 4 is 5.91 Å². The van der Waals surface area contributed by atoms with Gasteiger partial charge in [0, 0.05) is 18.6 Å². The van der Waals surface area contributed by atoms with Gasteiger partial charge in [-0.3, -0.25) is 4.79 Å². The molecule has 5 heteroatoms. The van der Waals surface area contributed by atoms with Crippen LogP contribution in [0.3, 0.4) is 0 Å². The van der Waals surface area contributed by atoms with Crippen molar-refractivity contribution in [3.8, 4) is 0 Å². The Morgan fingerprint density at radius 3 is 2.56 bits per heavy atom. The third kappa shape index (κ3) is 4.92. The standard InChI is InChI=1S/C13H27N3O2/c1-9(2)5-10(6-16(3)4)15-13(17)11-7-18-8-12(11)14/h9-12H,5-8,14H2,1-4H3,(H,15,17). The molecule has 1 aliphatic rings. The van der Waals surface area contributed by atoms with Crippen LogP contribution in [0, 0.1) is 11.8 Å². The summed E-state index contributed by atoms with van der Waals surface area (Å²) in [5.74, 6) is 0.401. The summed E-state index contributed by atoms with van der Waals surface area (Å²) in [6.07, 6.45) is 0.979. The number of hydrogen-bond donors (Lipinski definition) is 2. The van der Waals surface area contributed by atoms with Crippen molar-refractivity contribution in [2.24, 2.45) is 17.6 Å². The van der Waals surface area contributed by atoms with E-state index in [9.17, 15) is 4.79 Å². The average molecular weight is 257 g/mol. The first-order chi connectivity index (χ1) is 8.40. The molecule has 1 heterocycles. The Kier molecular flexibility index (Phi) is 6.05. The molecule has 3 N–H and O–H groups in total. The molecule has 0 spiro atoms. The summed E-state index contributed by atoms with van der Waals surface area (Å²) in [4.78, 5) is 14.2. The molecule has 1 rings (SSSR count). The van der Waals surface area contributed by atoms with Crippen molar-refractivity contribution in [2.75, 3.05) is 33.9 Å². The Labute approximate surface area is 110 Å². The number of carbonyl (C=O) groups is 1. The van der Waals surface area contributed by atoms with E-state index in [1.807, 2.05) is 14.1 Å². The number of hydrogen-bond acceptors (Lipinski definition) is 4. The van der Waals surface area contributed by atoms with Crippen molar-refractivity contribution in [1.82, 2.24) is 10.2 Å². The first-order valence-electron chi connectivity index (χ1n) is 6.68. The normalized spacial score (nSPS) is 25.7. The Morgan fingerprint density at radius 2 is 2.11 bits per heavy atom. The van der Waals surface area contributed by atoms with Gasteiger partial charge in [0.25, 0.3) is 0 Å². The van der Waals surface area contributed by atoms with Crippen molar-refractivity contribution in [3.05, 3.63) is 0 Å². The van der Waals surface area contributed by atoms with E-state index in [0.29, 0.717) is 19.1 Å². The highest BCUT2D eigenvalue weighted by Gasteiger charge is 2.32. The van der Waals surface area contributed by atoms with Gasteiger partial charge in [0.2, 0.25) is 5.91 Å². The van der Waals surface area contributed by atoms with Gasteiger partial charge in [0.15, 0.2) is 0 Å². The molecule has 0 saturated carbocycles. The van der Waals surface area contributed by atoms with Crippen LogP contribution in [-0.2, 0) is 9.53 Å². The Morgan fingerprint density at radius 1 is 1.44 bits per heavy atom. The maximum atomic E-state index is 12.1. The van der Waals surface area contributed by atoms with Gasteiger partial charge in [0.1, 0.15) is 0 Å². The van der Waals surface area contributed by atoms with Crippen LogP contribution in [0.1, 0.15) is 20.3 Å². The number of ether oxygens (including phenoxy) is 1. The van der Waals surface area contributed by atoms with Crippen LogP contribution in [0.15, 0.2) is 0 Å². The highest BCUT2D eigenvalue weighted by Crippen LogP contribution is 2.13. The SMILES string of the molecule is CC(C)CC(CN(C)C)NC(=O)C1COCC1N. The van der Waals surface area contributed by atoms with Gasteiger partial charge in [-0.05, 0) is 26.4 Å².